The van der Waals surface area contributed by atoms with E-state index in [1.54, 1.807) is 6.07 Å². The minimum absolute atomic E-state index is 0.397. The van der Waals surface area contributed by atoms with Gasteiger partial charge in [0.05, 0.1) is 24.0 Å². The molecule has 4 nitrogen and oxygen atoms in total. The number of nitrogens with one attached hydrogen (secondary N) is 1. The van der Waals surface area contributed by atoms with Crippen molar-refractivity contribution in [3.63, 3.8) is 0 Å². The molecular weight excluding hydrogens is 240 g/mol. The van der Waals surface area contributed by atoms with Crippen LogP contribution in [0.15, 0.2) is 18.2 Å². The smallest absolute Gasteiger partial charge is 0.340 e. The first-order chi connectivity index (χ1) is 9.00. The lowest BCUT2D eigenvalue weighted by atomic mass is 9.92. The highest BCUT2D eigenvalue weighted by atomic mass is 16.5. The molecule has 1 aliphatic carbocycles. The van der Waals surface area contributed by atoms with Crippen LogP contribution in [0.4, 0.5) is 11.4 Å². The van der Waals surface area contributed by atoms with E-state index in [0.717, 1.165) is 12.2 Å². The van der Waals surface area contributed by atoms with Crippen LogP contribution in [-0.2, 0) is 4.74 Å². The van der Waals surface area contributed by atoms with Crippen molar-refractivity contribution in [2.75, 3.05) is 24.7 Å². The number of benzene rings is 1. The van der Waals surface area contributed by atoms with Crippen molar-refractivity contribution >= 4 is 17.3 Å². The summed E-state index contributed by atoms with van der Waals surface area (Å²) in [7, 11) is 1.36. The summed E-state index contributed by atoms with van der Waals surface area (Å²) in [5.74, 6) is 0.260. The molecule has 1 aliphatic rings. The van der Waals surface area contributed by atoms with Crippen LogP contribution in [0.5, 0.6) is 0 Å². The van der Waals surface area contributed by atoms with Crippen molar-refractivity contribution in [1.29, 1.82) is 0 Å². The number of rotatable bonds is 5. The zero-order valence-electron chi connectivity index (χ0n) is 11.8. The molecule has 0 unspecified atom stereocenters. The molecule has 0 spiro atoms. The number of para-hydroxylation sites is 1. The van der Waals surface area contributed by atoms with Crippen LogP contribution in [0.2, 0.25) is 0 Å². The van der Waals surface area contributed by atoms with E-state index in [1.807, 2.05) is 12.1 Å². The first-order valence-corrected chi connectivity index (χ1v) is 6.71. The summed E-state index contributed by atoms with van der Waals surface area (Å²) in [6.45, 7) is 5.41. The van der Waals surface area contributed by atoms with Gasteiger partial charge in [0.25, 0.3) is 0 Å². The van der Waals surface area contributed by atoms with Crippen molar-refractivity contribution in [2.45, 2.75) is 26.7 Å². The van der Waals surface area contributed by atoms with Gasteiger partial charge in [-0.2, -0.15) is 0 Å². The van der Waals surface area contributed by atoms with Gasteiger partial charge in [0.2, 0.25) is 0 Å². The maximum Gasteiger partial charge on any atom is 0.340 e. The second-order valence-electron chi connectivity index (χ2n) is 5.63. The fourth-order valence-corrected chi connectivity index (χ4v) is 2.40. The zero-order valence-corrected chi connectivity index (χ0v) is 11.8. The van der Waals surface area contributed by atoms with Crippen LogP contribution < -0.4 is 11.1 Å². The highest BCUT2D eigenvalue weighted by Gasteiger charge is 2.44. The number of carbonyl (C=O) groups excluding carboxylic acids is 1. The molecule has 0 saturated heterocycles. The van der Waals surface area contributed by atoms with Crippen LogP contribution in [0.1, 0.15) is 37.0 Å². The van der Waals surface area contributed by atoms with Gasteiger partial charge >= 0.3 is 5.97 Å². The molecule has 1 fully saturated rings. The lowest BCUT2D eigenvalue weighted by Gasteiger charge is -2.21. The first kappa shape index (κ1) is 13.7. The van der Waals surface area contributed by atoms with E-state index in [9.17, 15) is 4.79 Å². The van der Waals surface area contributed by atoms with Gasteiger partial charge in [-0.25, -0.2) is 4.79 Å². The zero-order chi connectivity index (χ0) is 14.0. The molecule has 2 rings (SSSR count). The van der Waals surface area contributed by atoms with Crippen LogP contribution >= 0.6 is 0 Å². The number of ether oxygens (including phenoxy) is 1. The molecule has 1 saturated carbocycles. The molecule has 19 heavy (non-hydrogen) atoms. The summed E-state index contributed by atoms with van der Waals surface area (Å²) in [6, 6.07) is 5.40. The van der Waals surface area contributed by atoms with Gasteiger partial charge in [-0.15, -0.1) is 0 Å². The SMILES string of the molecule is COC(=O)c1cccc(NCC2(C(C)C)CC2)c1N. The Bertz CT molecular complexity index is 479. The van der Waals surface area contributed by atoms with E-state index >= 15 is 0 Å². The number of esters is 1. The van der Waals surface area contributed by atoms with Gasteiger partial charge in [-0.3, -0.25) is 0 Å². The van der Waals surface area contributed by atoms with Gasteiger partial charge < -0.3 is 15.8 Å². The van der Waals surface area contributed by atoms with Crippen molar-refractivity contribution < 1.29 is 9.53 Å². The summed E-state index contributed by atoms with van der Waals surface area (Å²) in [6.07, 6.45) is 2.52. The number of anilines is 2. The fourth-order valence-electron chi connectivity index (χ4n) is 2.40. The number of nitrogen functional groups attached to an aromatic ring is 1. The van der Waals surface area contributed by atoms with Gasteiger partial charge in [0.1, 0.15) is 0 Å². The van der Waals surface area contributed by atoms with Gasteiger partial charge in [0.15, 0.2) is 0 Å². The molecular formula is C15H22N2O2. The number of methoxy groups -OCH3 is 1. The Morgan fingerprint density at radius 1 is 1.47 bits per heavy atom. The third kappa shape index (κ3) is 2.67. The molecule has 1 aromatic carbocycles. The van der Waals surface area contributed by atoms with Gasteiger partial charge in [-0.05, 0) is 36.3 Å². The molecule has 0 heterocycles. The van der Waals surface area contributed by atoms with E-state index < -0.39 is 5.97 Å². The molecule has 104 valence electrons. The molecule has 0 aromatic heterocycles. The number of carbonyl (C=O) groups is 1. The standard InChI is InChI=1S/C15H22N2O2/c1-10(2)15(7-8-15)9-17-12-6-4-5-11(13(12)16)14(18)19-3/h4-6,10,17H,7-9,16H2,1-3H3. The molecule has 0 aliphatic heterocycles. The largest absolute Gasteiger partial charge is 0.465 e. The monoisotopic (exact) mass is 262 g/mol. The van der Waals surface area contributed by atoms with Crippen LogP contribution in [-0.4, -0.2) is 19.6 Å². The van der Waals surface area contributed by atoms with E-state index in [4.69, 9.17) is 10.5 Å². The molecule has 0 bridgehead atoms. The van der Waals surface area contributed by atoms with E-state index in [0.29, 0.717) is 22.6 Å². The Balaban J connectivity index is 2.11. The number of nitrogens with two attached hydrogens (primary N) is 1. The molecule has 0 atom stereocenters. The van der Waals surface area contributed by atoms with Crippen LogP contribution in [0.3, 0.4) is 0 Å². The Labute approximate surface area is 114 Å². The topological polar surface area (TPSA) is 64.3 Å². The summed E-state index contributed by atoms with van der Waals surface area (Å²) in [4.78, 5) is 11.6. The molecule has 4 heteroatoms. The van der Waals surface area contributed by atoms with E-state index in [2.05, 4.69) is 19.2 Å². The highest BCUT2D eigenvalue weighted by molar-refractivity contribution is 5.98. The Morgan fingerprint density at radius 2 is 2.16 bits per heavy atom. The van der Waals surface area contributed by atoms with E-state index in [-0.39, 0.29) is 0 Å². The minimum Gasteiger partial charge on any atom is -0.465 e. The number of hydrogen-bond acceptors (Lipinski definition) is 4. The lowest BCUT2D eigenvalue weighted by molar-refractivity contribution is 0.0602. The third-order valence-electron chi connectivity index (χ3n) is 4.26. The second kappa shape index (κ2) is 5.11. The van der Waals surface area contributed by atoms with Crippen molar-refractivity contribution in [3.05, 3.63) is 23.8 Å². The molecule has 3 N–H and O–H groups in total. The van der Waals surface area contributed by atoms with Crippen molar-refractivity contribution in [3.8, 4) is 0 Å². The summed E-state index contributed by atoms with van der Waals surface area (Å²) in [5.41, 5.74) is 8.12. The average Bonchev–Trinajstić information content (AvgIpc) is 3.18. The quantitative estimate of drug-likeness (QED) is 0.632. The third-order valence-corrected chi connectivity index (χ3v) is 4.26. The first-order valence-electron chi connectivity index (χ1n) is 6.71. The highest BCUT2D eigenvalue weighted by Crippen LogP contribution is 2.51. The second-order valence-corrected chi connectivity index (χ2v) is 5.63. The maximum atomic E-state index is 11.6. The normalized spacial score (nSPS) is 16.2. The van der Waals surface area contributed by atoms with Crippen molar-refractivity contribution in [2.24, 2.45) is 11.3 Å². The van der Waals surface area contributed by atoms with Crippen LogP contribution in [0.25, 0.3) is 0 Å². The summed E-state index contributed by atoms with van der Waals surface area (Å²) >= 11 is 0. The van der Waals surface area contributed by atoms with Crippen LogP contribution in [0, 0.1) is 11.3 Å². The summed E-state index contributed by atoms with van der Waals surface area (Å²) < 4.78 is 4.72. The number of hydrogen-bond donors (Lipinski definition) is 2. The molecule has 1 aromatic rings. The van der Waals surface area contributed by atoms with E-state index in [1.165, 1.54) is 20.0 Å². The van der Waals surface area contributed by atoms with Gasteiger partial charge in [-0.1, -0.05) is 19.9 Å². The fraction of sp³-hybridized carbons (Fsp3) is 0.533. The Morgan fingerprint density at radius 3 is 2.68 bits per heavy atom. The molecule has 0 amide bonds. The van der Waals surface area contributed by atoms with Gasteiger partial charge in [0, 0.05) is 6.54 Å². The Hall–Kier alpha value is -1.71. The predicted octanol–water partition coefficient (Wildman–Crippen LogP) is 2.90. The lowest BCUT2D eigenvalue weighted by Crippen LogP contribution is -2.21. The maximum absolute atomic E-state index is 11.6. The summed E-state index contributed by atoms with van der Waals surface area (Å²) in [5, 5.41) is 3.38. The minimum atomic E-state index is -0.397. The predicted molar refractivity (Wildman–Crippen MR) is 77.2 cm³/mol. The Kier molecular flexibility index (Phi) is 3.69. The van der Waals surface area contributed by atoms with Crippen molar-refractivity contribution in [1.82, 2.24) is 0 Å². The molecule has 0 radical (unpaired) electrons. The average molecular weight is 262 g/mol.